The molecule has 21 heavy (non-hydrogen) atoms. The van der Waals surface area contributed by atoms with Crippen molar-refractivity contribution in [3.05, 3.63) is 23.2 Å². The molecule has 1 fully saturated rings. The fourth-order valence-corrected chi connectivity index (χ4v) is 2.55. The molecule has 1 aliphatic rings. The molecule has 0 radical (unpaired) electrons. The Bertz CT molecular complexity index is 488. The van der Waals surface area contributed by atoms with Crippen LogP contribution < -0.4 is 11.1 Å². The summed E-state index contributed by atoms with van der Waals surface area (Å²) < 4.78 is 0. The first-order valence-corrected chi connectivity index (χ1v) is 8.03. The van der Waals surface area contributed by atoms with Gasteiger partial charge in [-0.05, 0) is 56.5 Å². The van der Waals surface area contributed by atoms with E-state index < -0.39 is 0 Å². The number of benzene rings is 1. The zero-order chi connectivity index (χ0) is 15.2. The van der Waals surface area contributed by atoms with Crippen LogP contribution in [0.2, 0.25) is 5.02 Å². The minimum absolute atomic E-state index is 0.00602. The maximum Gasteiger partial charge on any atom is 0.224 e. The van der Waals surface area contributed by atoms with Gasteiger partial charge in [0.05, 0.1) is 11.4 Å². The number of amides is 1. The molecule has 0 heterocycles. The number of hydrogen-bond acceptors (Lipinski definition) is 3. The van der Waals surface area contributed by atoms with E-state index in [1.54, 1.807) is 18.2 Å². The number of nitrogens with two attached hydrogens (primary N) is 1. The van der Waals surface area contributed by atoms with E-state index in [-0.39, 0.29) is 5.91 Å². The Labute approximate surface area is 131 Å². The molecule has 2 rings (SSSR count). The van der Waals surface area contributed by atoms with E-state index in [4.69, 9.17) is 17.3 Å². The molecule has 0 bridgehead atoms. The lowest BCUT2D eigenvalue weighted by Gasteiger charge is -2.19. The predicted octanol–water partition coefficient (Wildman–Crippen LogP) is 3.37. The lowest BCUT2D eigenvalue weighted by Crippen LogP contribution is -2.27. The van der Waals surface area contributed by atoms with E-state index in [9.17, 15) is 4.79 Å². The molecular formula is C16H24ClN3O. The first-order valence-electron chi connectivity index (χ1n) is 7.65. The number of nitrogen functional groups attached to an aromatic ring is 1. The molecule has 0 aliphatic heterocycles. The molecule has 0 atom stereocenters. The van der Waals surface area contributed by atoms with E-state index in [1.807, 2.05) is 0 Å². The summed E-state index contributed by atoms with van der Waals surface area (Å²) >= 11 is 5.84. The molecule has 5 heteroatoms. The average Bonchev–Trinajstić information content (AvgIpc) is 3.25. The van der Waals surface area contributed by atoms with Crippen molar-refractivity contribution < 1.29 is 4.79 Å². The molecule has 0 spiro atoms. The van der Waals surface area contributed by atoms with Gasteiger partial charge in [0, 0.05) is 18.0 Å². The molecule has 1 amide bonds. The topological polar surface area (TPSA) is 58.4 Å². The highest BCUT2D eigenvalue weighted by molar-refractivity contribution is 6.31. The van der Waals surface area contributed by atoms with Crippen LogP contribution in [0.25, 0.3) is 0 Å². The first kappa shape index (κ1) is 16.1. The summed E-state index contributed by atoms with van der Waals surface area (Å²) in [5.41, 5.74) is 6.96. The minimum atomic E-state index is 0.00602. The van der Waals surface area contributed by atoms with Gasteiger partial charge in [0.15, 0.2) is 0 Å². The largest absolute Gasteiger partial charge is 0.397 e. The molecule has 3 N–H and O–H groups in total. The molecule has 0 aromatic heterocycles. The van der Waals surface area contributed by atoms with E-state index in [2.05, 4.69) is 17.1 Å². The third kappa shape index (κ3) is 5.56. The molecule has 4 nitrogen and oxygen atoms in total. The molecular weight excluding hydrogens is 286 g/mol. The quantitative estimate of drug-likeness (QED) is 0.724. The Morgan fingerprint density at radius 3 is 2.86 bits per heavy atom. The SMILES string of the molecule is CCN(CCCC(=O)Nc1ccc(Cl)cc1N)CC1CC1. The van der Waals surface area contributed by atoms with Crippen molar-refractivity contribution in [1.82, 2.24) is 4.90 Å². The second-order valence-corrected chi connectivity index (χ2v) is 6.16. The van der Waals surface area contributed by atoms with E-state index in [0.717, 1.165) is 25.4 Å². The summed E-state index contributed by atoms with van der Waals surface area (Å²) in [7, 11) is 0. The second-order valence-electron chi connectivity index (χ2n) is 5.72. The van der Waals surface area contributed by atoms with Crippen molar-refractivity contribution in [2.75, 3.05) is 30.7 Å². The average molecular weight is 310 g/mol. The number of halogens is 1. The Kier molecular flexibility index (Phi) is 5.88. The van der Waals surface area contributed by atoms with Crippen LogP contribution in [0.3, 0.4) is 0 Å². The van der Waals surface area contributed by atoms with Gasteiger partial charge in [-0.3, -0.25) is 4.79 Å². The van der Waals surface area contributed by atoms with Gasteiger partial charge in [0.25, 0.3) is 0 Å². The normalized spacial score (nSPS) is 14.4. The first-order chi connectivity index (χ1) is 10.1. The number of hydrogen-bond donors (Lipinski definition) is 2. The zero-order valence-electron chi connectivity index (χ0n) is 12.6. The van der Waals surface area contributed by atoms with E-state index >= 15 is 0 Å². The molecule has 1 aliphatic carbocycles. The van der Waals surface area contributed by atoms with Crippen LogP contribution in [0.1, 0.15) is 32.6 Å². The van der Waals surface area contributed by atoms with Crippen molar-refractivity contribution in [3.8, 4) is 0 Å². The molecule has 116 valence electrons. The van der Waals surface area contributed by atoms with Gasteiger partial charge in [-0.2, -0.15) is 0 Å². The van der Waals surface area contributed by atoms with Gasteiger partial charge in [-0.1, -0.05) is 18.5 Å². The maximum absolute atomic E-state index is 11.9. The Hall–Kier alpha value is -1.26. The van der Waals surface area contributed by atoms with Gasteiger partial charge in [0.1, 0.15) is 0 Å². The monoisotopic (exact) mass is 309 g/mol. The van der Waals surface area contributed by atoms with Crippen molar-refractivity contribution in [2.24, 2.45) is 5.92 Å². The highest BCUT2D eigenvalue weighted by atomic mass is 35.5. The number of carbonyl (C=O) groups excluding carboxylic acids is 1. The van der Waals surface area contributed by atoms with Crippen LogP contribution in [-0.2, 0) is 4.79 Å². The van der Waals surface area contributed by atoms with Crippen LogP contribution in [0.5, 0.6) is 0 Å². The Morgan fingerprint density at radius 2 is 2.24 bits per heavy atom. The number of carbonyl (C=O) groups is 1. The number of nitrogens with zero attached hydrogens (tertiary/aromatic N) is 1. The zero-order valence-corrected chi connectivity index (χ0v) is 13.3. The predicted molar refractivity (Wildman–Crippen MR) is 88.6 cm³/mol. The lowest BCUT2D eigenvalue weighted by molar-refractivity contribution is -0.116. The molecule has 1 aromatic rings. The van der Waals surface area contributed by atoms with Crippen molar-refractivity contribution in [3.63, 3.8) is 0 Å². The van der Waals surface area contributed by atoms with Crippen LogP contribution in [-0.4, -0.2) is 30.4 Å². The van der Waals surface area contributed by atoms with Gasteiger partial charge in [0.2, 0.25) is 5.91 Å². The highest BCUT2D eigenvalue weighted by Crippen LogP contribution is 2.29. The highest BCUT2D eigenvalue weighted by Gasteiger charge is 2.23. The Balaban J connectivity index is 1.71. The second kappa shape index (κ2) is 7.66. The van der Waals surface area contributed by atoms with Crippen LogP contribution in [0.4, 0.5) is 11.4 Å². The molecule has 0 saturated heterocycles. The van der Waals surface area contributed by atoms with E-state index in [1.165, 1.54) is 19.4 Å². The minimum Gasteiger partial charge on any atom is -0.397 e. The summed E-state index contributed by atoms with van der Waals surface area (Å²) in [6, 6.07) is 5.11. The molecule has 0 unspecified atom stereocenters. The molecule has 1 aromatic carbocycles. The van der Waals surface area contributed by atoms with Crippen LogP contribution in [0.15, 0.2) is 18.2 Å². The summed E-state index contributed by atoms with van der Waals surface area (Å²) in [4.78, 5) is 14.4. The van der Waals surface area contributed by atoms with Gasteiger partial charge in [-0.25, -0.2) is 0 Å². The van der Waals surface area contributed by atoms with Gasteiger partial charge < -0.3 is 16.0 Å². The summed E-state index contributed by atoms with van der Waals surface area (Å²) in [5.74, 6) is 0.902. The molecule has 1 saturated carbocycles. The standard InChI is InChI=1S/C16H24ClN3O/c1-2-20(11-12-5-6-12)9-3-4-16(21)19-15-8-7-13(17)10-14(15)18/h7-8,10,12H,2-6,9,11,18H2,1H3,(H,19,21). The lowest BCUT2D eigenvalue weighted by atomic mass is 10.2. The van der Waals surface area contributed by atoms with E-state index in [0.29, 0.717) is 22.8 Å². The van der Waals surface area contributed by atoms with Crippen LogP contribution in [0, 0.1) is 5.92 Å². The third-order valence-electron chi connectivity index (χ3n) is 3.83. The fraction of sp³-hybridized carbons (Fsp3) is 0.562. The summed E-state index contributed by atoms with van der Waals surface area (Å²) in [6.45, 7) is 5.40. The van der Waals surface area contributed by atoms with Gasteiger partial charge >= 0.3 is 0 Å². The summed E-state index contributed by atoms with van der Waals surface area (Å²) in [5, 5.41) is 3.41. The number of nitrogens with one attached hydrogen (secondary N) is 1. The maximum atomic E-state index is 11.9. The number of anilines is 2. The van der Waals surface area contributed by atoms with Crippen molar-refractivity contribution in [1.29, 1.82) is 0 Å². The number of rotatable bonds is 8. The van der Waals surface area contributed by atoms with Crippen molar-refractivity contribution in [2.45, 2.75) is 32.6 Å². The Morgan fingerprint density at radius 1 is 1.48 bits per heavy atom. The van der Waals surface area contributed by atoms with Gasteiger partial charge in [-0.15, -0.1) is 0 Å². The van der Waals surface area contributed by atoms with Crippen molar-refractivity contribution >= 4 is 28.9 Å². The fourth-order valence-electron chi connectivity index (χ4n) is 2.37. The smallest absolute Gasteiger partial charge is 0.224 e. The third-order valence-corrected chi connectivity index (χ3v) is 4.06. The summed E-state index contributed by atoms with van der Waals surface area (Å²) in [6.07, 6.45) is 4.13. The van der Waals surface area contributed by atoms with Crippen LogP contribution >= 0.6 is 11.6 Å².